The van der Waals surface area contributed by atoms with Gasteiger partial charge >= 0.3 is 0 Å². The number of benzene rings is 1. The molecule has 1 aromatic rings. The number of hydrogen-bond acceptors (Lipinski definition) is 2. The van der Waals surface area contributed by atoms with Crippen LogP contribution < -0.4 is 4.74 Å². The van der Waals surface area contributed by atoms with Gasteiger partial charge in [0.15, 0.2) is 11.6 Å². The molecule has 2 nitrogen and oxygen atoms in total. The van der Waals surface area contributed by atoms with Gasteiger partial charge in [0.1, 0.15) is 0 Å². The monoisotopic (exact) mass is 444 g/mol. The second-order valence-corrected chi connectivity index (χ2v) is 9.21. The molecular weight excluding hydrogens is 414 g/mol. The van der Waals surface area contributed by atoms with Gasteiger partial charge in [-0.05, 0) is 49.7 Å². The van der Waals surface area contributed by atoms with Crippen molar-refractivity contribution < 1.29 is 18.3 Å². The topological polar surface area (TPSA) is 18.5 Å². The minimum atomic E-state index is -0.892. The van der Waals surface area contributed by atoms with E-state index in [2.05, 4.69) is 22.9 Å². The highest BCUT2D eigenvalue weighted by molar-refractivity contribution is 9.09. The van der Waals surface area contributed by atoms with Gasteiger partial charge < -0.3 is 9.47 Å². The zero-order valence-corrected chi connectivity index (χ0v) is 17.9. The van der Waals surface area contributed by atoms with E-state index in [1.54, 1.807) is 13.0 Å². The molecule has 1 saturated heterocycles. The summed E-state index contributed by atoms with van der Waals surface area (Å²) in [5, 5.41) is 0. The molecule has 0 bridgehead atoms. The lowest BCUT2D eigenvalue weighted by Crippen LogP contribution is -2.41. The van der Waals surface area contributed by atoms with Gasteiger partial charge in [0.25, 0.3) is 0 Å². The number of halogens is 3. The second-order valence-electron chi connectivity index (χ2n) is 8.03. The minimum Gasteiger partial charge on any atom is -0.491 e. The van der Waals surface area contributed by atoms with Gasteiger partial charge in [-0.1, -0.05) is 54.6 Å². The van der Waals surface area contributed by atoms with E-state index in [4.69, 9.17) is 9.47 Å². The molecule has 3 atom stereocenters. The first-order valence-corrected chi connectivity index (χ1v) is 11.3. The first-order valence-electron chi connectivity index (χ1n) is 10.4. The molecule has 0 aromatic heterocycles. The summed E-state index contributed by atoms with van der Waals surface area (Å²) in [4.78, 5) is 0.179. The third-order valence-electron chi connectivity index (χ3n) is 6.23. The van der Waals surface area contributed by atoms with E-state index in [1.165, 1.54) is 44.6 Å². The Hall–Kier alpha value is -0.680. The van der Waals surface area contributed by atoms with Gasteiger partial charge in [0.05, 0.1) is 19.3 Å². The highest BCUT2D eigenvalue weighted by Crippen LogP contribution is 2.42. The van der Waals surface area contributed by atoms with Crippen LogP contribution in [0.4, 0.5) is 8.78 Å². The average molecular weight is 445 g/mol. The summed E-state index contributed by atoms with van der Waals surface area (Å²) < 4.78 is 40.1. The Labute approximate surface area is 170 Å². The Morgan fingerprint density at radius 3 is 2.48 bits per heavy atom. The smallest absolute Gasteiger partial charge is 0.200 e. The molecule has 5 heteroatoms. The van der Waals surface area contributed by atoms with Crippen molar-refractivity contribution in [1.29, 1.82) is 0 Å². The third-order valence-corrected chi connectivity index (χ3v) is 7.12. The molecule has 0 spiro atoms. The lowest BCUT2D eigenvalue weighted by Gasteiger charge is -2.41. The SMILES string of the molecule is CCCC1CCC([C@H]2OC[C@@H](c3ccc(OCC)c(F)c3F)C[C@@H]2Br)CC1. The van der Waals surface area contributed by atoms with Crippen LogP contribution in [0.1, 0.15) is 70.3 Å². The fraction of sp³-hybridized carbons (Fsp3) is 0.727. The summed E-state index contributed by atoms with van der Waals surface area (Å²) >= 11 is 3.79. The maximum atomic E-state index is 14.5. The molecule has 1 saturated carbocycles. The summed E-state index contributed by atoms with van der Waals surface area (Å²) in [6.45, 7) is 4.78. The van der Waals surface area contributed by atoms with Gasteiger partial charge in [-0.3, -0.25) is 0 Å². The Balaban J connectivity index is 1.61. The molecule has 0 amide bonds. The second kappa shape index (κ2) is 9.69. The molecule has 27 heavy (non-hydrogen) atoms. The van der Waals surface area contributed by atoms with Crippen LogP contribution in [0.5, 0.6) is 5.75 Å². The maximum absolute atomic E-state index is 14.5. The standard InChI is InChI=1S/C22H31BrF2O2/c1-3-5-14-6-8-15(9-7-14)22-18(23)12-16(13-27-22)17-10-11-19(26-4-2)21(25)20(17)24/h10-11,14-16,18,22H,3-9,12-13H2,1-2H3/t14?,15?,16-,18-,22+/m0/s1. The van der Waals surface area contributed by atoms with Crippen LogP contribution in [0.3, 0.4) is 0 Å². The number of alkyl halides is 1. The molecule has 2 aliphatic rings. The molecule has 0 radical (unpaired) electrons. The van der Waals surface area contributed by atoms with E-state index in [-0.39, 0.29) is 22.6 Å². The van der Waals surface area contributed by atoms with Crippen molar-refractivity contribution in [3.63, 3.8) is 0 Å². The van der Waals surface area contributed by atoms with E-state index in [1.807, 2.05) is 0 Å². The van der Waals surface area contributed by atoms with Crippen LogP contribution >= 0.6 is 15.9 Å². The van der Waals surface area contributed by atoms with E-state index in [0.717, 1.165) is 12.3 Å². The minimum absolute atomic E-state index is 0.0208. The number of ether oxygens (including phenoxy) is 2. The Kier molecular flexibility index (Phi) is 7.55. The molecule has 1 aliphatic heterocycles. The number of rotatable bonds is 6. The van der Waals surface area contributed by atoms with Crippen LogP contribution in [0.2, 0.25) is 0 Å². The van der Waals surface area contributed by atoms with Crippen molar-refractivity contribution in [2.45, 2.75) is 75.6 Å². The van der Waals surface area contributed by atoms with Crippen LogP contribution in [-0.2, 0) is 4.74 Å². The van der Waals surface area contributed by atoms with Crippen molar-refractivity contribution >= 4 is 15.9 Å². The predicted octanol–water partition coefficient (Wildman–Crippen LogP) is 6.61. The van der Waals surface area contributed by atoms with E-state index in [9.17, 15) is 8.78 Å². The van der Waals surface area contributed by atoms with Crippen LogP contribution in [0.15, 0.2) is 12.1 Å². The first-order chi connectivity index (χ1) is 13.0. The van der Waals surface area contributed by atoms with Crippen molar-refractivity contribution in [3.05, 3.63) is 29.3 Å². The van der Waals surface area contributed by atoms with Crippen LogP contribution in [-0.4, -0.2) is 24.1 Å². The third kappa shape index (κ3) is 4.84. The fourth-order valence-corrected chi connectivity index (χ4v) is 5.83. The molecule has 2 fully saturated rings. The quantitative estimate of drug-likeness (QED) is 0.459. The van der Waals surface area contributed by atoms with Gasteiger partial charge in [-0.25, -0.2) is 4.39 Å². The summed E-state index contributed by atoms with van der Waals surface area (Å²) in [6.07, 6.45) is 8.56. The summed E-state index contributed by atoms with van der Waals surface area (Å²) in [6, 6.07) is 3.18. The fourth-order valence-electron chi connectivity index (χ4n) is 4.80. The highest BCUT2D eigenvalue weighted by atomic mass is 79.9. The van der Waals surface area contributed by atoms with Crippen molar-refractivity contribution in [2.75, 3.05) is 13.2 Å². The van der Waals surface area contributed by atoms with Gasteiger partial charge in [-0.15, -0.1) is 0 Å². The summed E-state index contributed by atoms with van der Waals surface area (Å²) in [5.41, 5.74) is 0.394. The largest absolute Gasteiger partial charge is 0.491 e. The molecule has 3 rings (SSSR count). The van der Waals surface area contributed by atoms with Gasteiger partial charge in [-0.2, -0.15) is 4.39 Å². The van der Waals surface area contributed by atoms with E-state index >= 15 is 0 Å². The van der Waals surface area contributed by atoms with E-state index in [0.29, 0.717) is 24.7 Å². The summed E-state index contributed by atoms with van der Waals surface area (Å²) in [7, 11) is 0. The van der Waals surface area contributed by atoms with Gasteiger partial charge in [0.2, 0.25) is 5.82 Å². The molecule has 1 aliphatic carbocycles. The van der Waals surface area contributed by atoms with Crippen LogP contribution in [0.25, 0.3) is 0 Å². The molecule has 0 N–H and O–H groups in total. The van der Waals surface area contributed by atoms with Crippen LogP contribution in [0, 0.1) is 23.5 Å². The van der Waals surface area contributed by atoms with Crippen molar-refractivity contribution in [2.24, 2.45) is 11.8 Å². The lowest BCUT2D eigenvalue weighted by molar-refractivity contribution is -0.0379. The summed E-state index contributed by atoms with van der Waals surface area (Å²) in [5.74, 6) is -0.396. The predicted molar refractivity (Wildman–Crippen MR) is 108 cm³/mol. The Morgan fingerprint density at radius 1 is 1.11 bits per heavy atom. The Bertz CT molecular complexity index is 617. The van der Waals surface area contributed by atoms with Crippen molar-refractivity contribution in [3.8, 4) is 5.75 Å². The Morgan fingerprint density at radius 2 is 1.85 bits per heavy atom. The van der Waals surface area contributed by atoms with E-state index < -0.39 is 11.6 Å². The lowest BCUT2D eigenvalue weighted by atomic mass is 9.75. The maximum Gasteiger partial charge on any atom is 0.200 e. The zero-order chi connectivity index (χ0) is 19.4. The van der Waals surface area contributed by atoms with Crippen molar-refractivity contribution in [1.82, 2.24) is 0 Å². The average Bonchev–Trinajstić information content (AvgIpc) is 2.67. The molecule has 1 heterocycles. The molecular formula is C22H31BrF2O2. The number of hydrogen-bond donors (Lipinski definition) is 0. The zero-order valence-electron chi connectivity index (χ0n) is 16.4. The first kappa shape index (κ1) is 21.0. The molecule has 0 unspecified atom stereocenters. The highest BCUT2D eigenvalue weighted by Gasteiger charge is 2.38. The normalized spacial score (nSPS) is 31.7. The molecule has 152 valence electrons. The van der Waals surface area contributed by atoms with Gasteiger partial charge in [0, 0.05) is 10.7 Å². The molecule has 1 aromatic carbocycles.